The minimum atomic E-state index is -0.285. The van der Waals surface area contributed by atoms with Crippen molar-refractivity contribution in [3.63, 3.8) is 0 Å². The summed E-state index contributed by atoms with van der Waals surface area (Å²) in [6, 6.07) is 0. The molecule has 0 heterocycles. The van der Waals surface area contributed by atoms with Crippen LogP contribution in [0.3, 0.4) is 0 Å². The smallest absolute Gasteiger partial charge is 0.0962 e. The first kappa shape index (κ1) is 22.2. The molecule has 0 aromatic rings. The van der Waals surface area contributed by atoms with Gasteiger partial charge in [0.1, 0.15) is 0 Å². The zero-order chi connectivity index (χ0) is 18.5. The highest BCUT2D eigenvalue weighted by molar-refractivity contribution is 4.92. The molecule has 0 N–H and O–H groups in total. The van der Waals surface area contributed by atoms with Crippen molar-refractivity contribution in [3.8, 4) is 0 Å². The van der Waals surface area contributed by atoms with E-state index >= 15 is 0 Å². The number of hydrogen-bond donors (Lipinski definition) is 0. The predicted molar refractivity (Wildman–Crippen MR) is 110 cm³/mol. The van der Waals surface area contributed by atoms with Crippen molar-refractivity contribution in [1.82, 2.24) is 0 Å². The number of ether oxygens (including phenoxy) is 1. The minimum Gasteiger partial charge on any atom is -0.378 e. The van der Waals surface area contributed by atoms with Crippen molar-refractivity contribution in [3.05, 3.63) is 6.92 Å². The van der Waals surface area contributed by atoms with Crippen LogP contribution in [-0.2, 0) is 9.84 Å². The second-order valence-corrected chi connectivity index (χ2v) is 8.97. The molecule has 0 aliphatic heterocycles. The van der Waals surface area contributed by atoms with Crippen LogP contribution >= 0.6 is 0 Å². The third-order valence-electron chi connectivity index (χ3n) is 6.76. The summed E-state index contributed by atoms with van der Waals surface area (Å²) in [5, 5.41) is 11.8. The van der Waals surface area contributed by atoms with Crippen LogP contribution in [0.2, 0.25) is 0 Å². The molecule has 3 saturated carbocycles. The van der Waals surface area contributed by atoms with Gasteiger partial charge in [-0.05, 0) is 43.9 Å². The Morgan fingerprint density at radius 1 is 0.654 bits per heavy atom. The van der Waals surface area contributed by atoms with E-state index < -0.39 is 0 Å². The van der Waals surface area contributed by atoms with E-state index in [1.54, 1.807) is 0 Å². The van der Waals surface area contributed by atoms with Gasteiger partial charge in [-0.15, -0.1) is 0 Å². The fraction of sp³-hybridized carbons (Fsp3) is 0.958. The maximum absolute atomic E-state index is 11.8. The largest absolute Gasteiger partial charge is 0.378 e. The first-order chi connectivity index (χ1) is 12.8. The lowest BCUT2D eigenvalue weighted by Crippen LogP contribution is -2.44. The monoisotopic (exact) mass is 364 g/mol. The molecule has 4 atom stereocenters. The van der Waals surface area contributed by atoms with Crippen LogP contribution in [0.4, 0.5) is 0 Å². The average Bonchev–Trinajstić information content (AvgIpc) is 2.66. The Labute approximate surface area is 163 Å². The Balaban J connectivity index is 1.29. The summed E-state index contributed by atoms with van der Waals surface area (Å²) in [6.07, 6.45) is 23.6. The van der Waals surface area contributed by atoms with Gasteiger partial charge in [0.25, 0.3) is 0 Å². The van der Waals surface area contributed by atoms with Crippen molar-refractivity contribution >= 4 is 0 Å². The van der Waals surface area contributed by atoms with E-state index in [0.717, 1.165) is 32.3 Å². The quantitative estimate of drug-likeness (QED) is 0.264. The normalized spacial score (nSPS) is 27.9. The van der Waals surface area contributed by atoms with Crippen molar-refractivity contribution < 1.29 is 9.84 Å². The fourth-order valence-corrected chi connectivity index (χ4v) is 4.98. The molecule has 0 saturated heterocycles. The van der Waals surface area contributed by atoms with Gasteiger partial charge in [0.15, 0.2) is 0 Å². The van der Waals surface area contributed by atoms with Crippen LogP contribution in [0.5, 0.6) is 0 Å². The van der Waals surface area contributed by atoms with E-state index in [1.807, 2.05) is 0 Å². The van der Waals surface area contributed by atoms with Gasteiger partial charge in [-0.1, -0.05) is 90.4 Å². The number of fused-ring (bicyclic) bond motifs is 3. The molecule has 2 nitrogen and oxygen atoms in total. The van der Waals surface area contributed by atoms with Gasteiger partial charge in [0.2, 0.25) is 0 Å². The standard InChI is InChI=1S/C24H44O2/c1-2-3-4-5-6-7-8-9-10-11-12-13-14-15-18-26-24-20-21-16-17-22(24)19-23(21)25/h21-24H,1-20H2. The number of rotatable bonds is 16. The lowest BCUT2D eigenvalue weighted by atomic mass is 9.67. The third kappa shape index (κ3) is 8.74. The molecule has 0 spiro atoms. The molecule has 3 aliphatic carbocycles. The first-order valence-electron chi connectivity index (χ1n) is 11.9. The van der Waals surface area contributed by atoms with Crippen LogP contribution in [0.25, 0.3) is 0 Å². The summed E-state index contributed by atoms with van der Waals surface area (Å²) in [5.74, 6) is 0.991. The minimum absolute atomic E-state index is 0.285. The Morgan fingerprint density at radius 3 is 1.62 bits per heavy atom. The molecular weight excluding hydrogens is 320 g/mol. The van der Waals surface area contributed by atoms with Crippen LogP contribution < -0.4 is 0 Å². The molecule has 3 aliphatic rings. The number of hydrogen-bond acceptors (Lipinski definition) is 1. The van der Waals surface area contributed by atoms with Crippen molar-refractivity contribution in [2.24, 2.45) is 11.8 Å². The molecule has 4 unspecified atom stereocenters. The van der Waals surface area contributed by atoms with Gasteiger partial charge in [0, 0.05) is 6.61 Å². The van der Waals surface area contributed by atoms with Gasteiger partial charge in [-0.3, -0.25) is 0 Å². The molecule has 2 bridgehead atoms. The molecule has 2 radical (unpaired) electrons. The summed E-state index contributed by atoms with van der Waals surface area (Å²) in [7, 11) is 0. The van der Waals surface area contributed by atoms with E-state index in [9.17, 15) is 5.11 Å². The maximum atomic E-state index is 11.8. The summed E-state index contributed by atoms with van der Waals surface area (Å²) < 4.78 is 6.13. The summed E-state index contributed by atoms with van der Waals surface area (Å²) in [5.41, 5.74) is 0. The van der Waals surface area contributed by atoms with Crippen molar-refractivity contribution in [2.45, 2.75) is 128 Å². The van der Waals surface area contributed by atoms with E-state index in [-0.39, 0.29) is 6.10 Å². The molecule has 0 amide bonds. The second-order valence-electron chi connectivity index (χ2n) is 8.97. The summed E-state index contributed by atoms with van der Waals surface area (Å²) >= 11 is 0. The molecule has 152 valence electrons. The Kier molecular flexibility index (Phi) is 12.0. The van der Waals surface area contributed by atoms with Crippen LogP contribution in [0.15, 0.2) is 0 Å². The highest BCUT2D eigenvalue weighted by atomic mass is 16.5. The van der Waals surface area contributed by atoms with Gasteiger partial charge < -0.3 is 4.74 Å². The van der Waals surface area contributed by atoms with Crippen LogP contribution in [-0.4, -0.2) is 18.8 Å². The fourth-order valence-electron chi connectivity index (χ4n) is 4.98. The zero-order valence-electron chi connectivity index (χ0n) is 17.3. The second kappa shape index (κ2) is 14.0. The SMILES string of the molecule is [CH2]CCCCCCCCCCCCCCCOC1CC2CCC1CC2[O]. The topological polar surface area (TPSA) is 29.1 Å². The van der Waals surface area contributed by atoms with Crippen molar-refractivity contribution in [2.75, 3.05) is 6.61 Å². The van der Waals surface area contributed by atoms with Gasteiger partial charge in [-0.2, -0.15) is 0 Å². The Bertz CT molecular complexity index is 330. The summed E-state index contributed by atoms with van der Waals surface area (Å²) in [6.45, 7) is 4.82. The molecule has 26 heavy (non-hydrogen) atoms. The van der Waals surface area contributed by atoms with Crippen LogP contribution in [0.1, 0.15) is 116 Å². The molecule has 2 heteroatoms. The third-order valence-corrected chi connectivity index (χ3v) is 6.76. The first-order valence-corrected chi connectivity index (χ1v) is 11.9. The summed E-state index contributed by atoms with van der Waals surface area (Å²) in [4.78, 5) is 0. The van der Waals surface area contributed by atoms with Crippen LogP contribution in [0, 0.1) is 18.8 Å². The lowest BCUT2D eigenvalue weighted by Gasteiger charge is -2.44. The predicted octanol–water partition coefficient (Wildman–Crippen LogP) is 7.29. The number of unbranched alkanes of at least 4 members (excludes halogenated alkanes) is 13. The average molecular weight is 365 g/mol. The molecular formula is C24H44O2. The van der Waals surface area contributed by atoms with E-state index in [0.29, 0.717) is 17.9 Å². The Morgan fingerprint density at radius 2 is 1.15 bits per heavy atom. The maximum Gasteiger partial charge on any atom is 0.0962 e. The van der Waals surface area contributed by atoms with Gasteiger partial charge >= 0.3 is 0 Å². The van der Waals surface area contributed by atoms with E-state index in [1.165, 1.54) is 89.9 Å². The molecule has 0 aromatic heterocycles. The Hall–Kier alpha value is -0.0800. The molecule has 3 fully saturated rings. The molecule has 3 rings (SSSR count). The van der Waals surface area contributed by atoms with Crippen molar-refractivity contribution in [1.29, 1.82) is 0 Å². The van der Waals surface area contributed by atoms with E-state index in [2.05, 4.69) is 6.92 Å². The zero-order valence-corrected chi connectivity index (χ0v) is 17.3. The van der Waals surface area contributed by atoms with E-state index in [4.69, 9.17) is 4.74 Å². The lowest BCUT2D eigenvalue weighted by molar-refractivity contribution is -0.121. The van der Waals surface area contributed by atoms with Gasteiger partial charge in [-0.25, -0.2) is 5.11 Å². The highest BCUT2D eigenvalue weighted by Crippen LogP contribution is 2.43. The highest BCUT2D eigenvalue weighted by Gasteiger charge is 2.42. The van der Waals surface area contributed by atoms with Gasteiger partial charge in [0.05, 0.1) is 12.2 Å². The molecule has 0 aromatic carbocycles.